The van der Waals surface area contributed by atoms with Crippen LogP contribution in [0.5, 0.6) is 0 Å². The molecule has 0 saturated heterocycles. The highest BCUT2D eigenvalue weighted by Crippen LogP contribution is 2.11. The molecule has 0 amide bonds. The zero-order chi connectivity index (χ0) is 12.8. The van der Waals surface area contributed by atoms with Crippen molar-refractivity contribution in [3.05, 3.63) is 47.5 Å². The van der Waals surface area contributed by atoms with Gasteiger partial charge in [0, 0.05) is 5.57 Å². The van der Waals surface area contributed by atoms with E-state index < -0.39 is 0 Å². The van der Waals surface area contributed by atoms with E-state index in [-0.39, 0.29) is 5.97 Å². The predicted octanol–water partition coefficient (Wildman–Crippen LogP) is 3.50. The third-order valence-electron chi connectivity index (χ3n) is 2.39. The third kappa shape index (κ3) is 4.85. The van der Waals surface area contributed by atoms with Gasteiger partial charge in [0.05, 0.1) is 0 Å². The summed E-state index contributed by atoms with van der Waals surface area (Å²) in [6.07, 6.45) is 1.08. The van der Waals surface area contributed by atoms with Gasteiger partial charge in [-0.05, 0) is 30.4 Å². The van der Waals surface area contributed by atoms with E-state index in [1.165, 1.54) is 5.56 Å². The Kier molecular flexibility index (Phi) is 4.95. The van der Waals surface area contributed by atoms with Crippen molar-refractivity contribution in [3.63, 3.8) is 0 Å². The lowest BCUT2D eigenvalue weighted by molar-refractivity contribution is -0.140. The molecule has 0 bridgehead atoms. The van der Waals surface area contributed by atoms with Crippen LogP contribution in [0.2, 0.25) is 0 Å². The van der Waals surface area contributed by atoms with E-state index in [4.69, 9.17) is 4.74 Å². The van der Waals surface area contributed by atoms with Gasteiger partial charge in [0.2, 0.25) is 0 Å². The zero-order valence-corrected chi connectivity index (χ0v) is 10.8. The van der Waals surface area contributed by atoms with Crippen molar-refractivity contribution in [2.45, 2.75) is 33.8 Å². The van der Waals surface area contributed by atoms with Gasteiger partial charge < -0.3 is 4.74 Å². The average molecular weight is 232 g/mol. The Morgan fingerprint density at radius 2 is 1.76 bits per heavy atom. The fourth-order valence-corrected chi connectivity index (χ4v) is 1.52. The molecule has 0 aromatic heterocycles. The largest absolute Gasteiger partial charge is 0.457 e. The fraction of sp³-hybridized carbons (Fsp3) is 0.400. The number of rotatable bonds is 5. The zero-order valence-electron chi connectivity index (χ0n) is 10.8. The van der Waals surface area contributed by atoms with Crippen molar-refractivity contribution < 1.29 is 9.53 Å². The number of benzene rings is 1. The molecule has 1 aromatic rings. The summed E-state index contributed by atoms with van der Waals surface area (Å²) in [7, 11) is 0. The molecule has 0 spiro atoms. The van der Waals surface area contributed by atoms with Crippen LogP contribution >= 0.6 is 0 Å². The summed E-state index contributed by atoms with van der Waals surface area (Å²) in [6, 6.07) is 8.18. The highest BCUT2D eigenvalue weighted by atomic mass is 16.5. The van der Waals surface area contributed by atoms with Crippen LogP contribution in [0.4, 0.5) is 0 Å². The predicted molar refractivity (Wildman–Crippen MR) is 69.6 cm³/mol. The maximum Gasteiger partial charge on any atom is 0.333 e. The fourth-order valence-electron chi connectivity index (χ4n) is 1.52. The molecule has 1 aromatic carbocycles. The number of carbonyl (C=O) groups excluding carboxylic acids is 1. The van der Waals surface area contributed by atoms with E-state index in [2.05, 4.69) is 32.6 Å². The van der Waals surface area contributed by atoms with E-state index in [0.29, 0.717) is 18.1 Å². The van der Waals surface area contributed by atoms with Crippen molar-refractivity contribution >= 4 is 5.97 Å². The molecule has 2 nitrogen and oxygen atoms in total. The first-order valence-corrected chi connectivity index (χ1v) is 5.89. The van der Waals surface area contributed by atoms with Crippen molar-refractivity contribution in [1.82, 2.24) is 0 Å². The van der Waals surface area contributed by atoms with Gasteiger partial charge in [-0.2, -0.15) is 0 Å². The van der Waals surface area contributed by atoms with Crippen LogP contribution in [0.15, 0.2) is 36.4 Å². The molecule has 0 saturated carbocycles. The summed E-state index contributed by atoms with van der Waals surface area (Å²) in [6.45, 7) is 9.89. The standard InChI is InChI=1S/C15H20O2/c1-11(2)9-13-5-7-14(8-6-13)10-17-15(16)12(3)4/h5-8,11H,3,9-10H2,1-2,4H3. The molecule has 0 aliphatic heterocycles. The van der Waals surface area contributed by atoms with E-state index in [9.17, 15) is 4.79 Å². The lowest BCUT2D eigenvalue weighted by Crippen LogP contribution is -2.04. The summed E-state index contributed by atoms with van der Waals surface area (Å²) in [5.41, 5.74) is 2.75. The molecule has 2 heteroatoms. The molecular weight excluding hydrogens is 212 g/mol. The highest BCUT2D eigenvalue weighted by molar-refractivity contribution is 5.86. The van der Waals surface area contributed by atoms with Crippen molar-refractivity contribution in [2.24, 2.45) is 5.92 Å². The Balaban J connectivity index is 2.51. The van der Waals surface area contributed by atoms with Crippen LogP contribution < -0.4 is 0 Å². The third-order valence-corrected chi connectivity index (χ3v) is 2.39. The summed E-state index contributed by atoms with van der Waals surface area (Å²) in [5, 5.41) is 0. The SMILES string of the molecule is C=C(C)C(=O)OCc1ccc(CC(C)C)cc1. The second-order valence-electron chi connectivity index (χ2n) is 4.77. The van der Waals surface area contributed by atoms with Crippen LogP contribution in [0.1, 0.15) is 31.9 Å². The maximum absolute atomic E-state index is 11.2. The Hall–Kier alpha value is -1.57. The van der Waals surface area contributed by atoms with Gasteiger partial charge in [0.1, 0.15) is 6.61 Å². The maximum atomic E-state index is 11.2. The Morgan fingerprint density at radius 1 is 1.24 bits per heavy atom. The molecular formula is C15H20O2. The first-order chi connectivity index (χ1) is 7.99. The number of ether oxygens (including phenoxy) is 1. The van der Waals surface area contributed by atoms with Gasteiger partial charge >= 0.3 is 5.97 Å². The van der Waals surface area contributed by atoms with E-state index in [0.717, 1.165) is 12.0 Å². The Labute approximate surface area is 103 Å². The minimum Gasteiger partial charge on any atom is -0.457 e. The normalized spacial score (nSPS) is 10.4. The van der Waals surface area contributed by atoms with Gasteiger partial charge in [-0.25, -0.2) is 4.79 Å². The molecule has 0 aliphatic carbocycles. The van der Waals surface area contributed by atoms with Gasteiger partial charge in [-0.15, -0.1) is 0 Å². The molecule has 0 atom stereocenters. The average Bonchev–Trinajstić information content (AvgIpc) is 2.26. The number of hydrogen-bond acceptors (Lipinski definition) is 2. The highest BCUT2D eigenvalue weighted by Gasteiger charge is 2.03. The Bertz CT molecular complexity index is 388. The first-order valence-electron chi connectivity index (χ1n) is 5.89. The summed E-state index contributed by atoms with van der Waals surface area (Å²) >= 11 is 0. The van der Waals surface area contributed by atoms with Gasteiger partial charge in [-0.3, -0.25) is 0 Å². The molecule has 17 heavy (non-hydrogen) atoms. The van der Waals surface area contributed by atoms with Crippen molar-refractivity contribution in [1.29, 1.82) is 0 Å². The van der Waals surface area contributed by atoms with Crippen LogP contribution in [0, 0.1) is 5.92 Å². The first kappa shape index (κ1) is 13.5. The van der Waals surface area contributed by atoms with Crippen molar-refractivity contribution in [2.75, 3.05) is 0 Å². The lowest BCUT2D eigenvalue weighted by atomic mass is 10.0. The molecule has 0 heterocycles. The molecule has 0 fully saturated rings. The smallest absolute Gasteiger partial charge is 0.333 e. The Morgan fingerprint density at radius 3 is 2.24 bits per heavy atom. The number of esters is 1. The molecule has 1 rings (SSSR count). The second-order valence-corrected chi connectivity index (χ2v) is 4.77. The van der Waals surface area contributed by atoms with E-state index in [1.807, 2.05) is 12.1 Å². The quantitative estimate of drug-likeness (QED) is 0.573. The van der Waals surface area contributed by atoms with Crippen LogP contribution in [0.25, 0.3) is 0 Å². The topological polar surface area (TPSA) is 26.3 Å². The molecule has 0 aliphatic rings. The van der Waals surface area contributed by atoms with Gasteiger partial charge in [0.15, 0.2) is 0 Å². The summed E-state index contributed by atoms with van der Waals surface area (Å²) < 4.78 is 5.07. The monoisotopic (exact) mass is 232 g/mol. The van der Waals surface area contributed by atoms with E-state index >= 15 is 0 Å². The molecule has 92 valence electrons. The summed E-state index contributed by atoms with van der Waals surface area (Å²) in [5.74, 6) is 0.318. The number of hydrogen-bond donors (Lipinski definition) is 0. The van der Waals surface area contributed by atoms with Gasteiger partial charge in [-0.1, -0.05) is 44.7 Å². The molecule has 0 N–H and O–H groups in total. The van der Waals surface area contributed by atoms with Crippen LogP contribution in [-0.4, -0.2) is 5.97 Å². The van der Waals surface area contributed by atoms with Crippen molar-refractivity contribution in [3.8, 4) is 0 Å². The van der Waals surface area contributed by atoms with Crippen LogP contribution in [0.3, 0.4) is 0 Å². The minimum absolute atomic E-state index is 0.313. The minimum atomic E-state index is -0.337. The molecule has 0 unspecified atom stereocenters. The second kappa shape index (κ2) is 6.24. The summed E-state index contributed by atoms with van der Waals surface area (Å²) in [4.78, 5) is 11.2. The molecule has 0 radical (unpaired) electrons. The van der Waals surface area contributed by atoms with E-state index in [1.54, 1.807) is 6.92 Å². The number of carbonyl (C=O) groups is 1. The lowest BCUT2D eigenvalue weighted by Gasteiger charge is -2.07. The van der Waals surface area contributed by atoms with Gasteiger partial charge in [0.25, 0.3) is 0 Å². The van der Waals surface area contributed by atoms with Crippen LogP contribution in [-0.2, 0) is 22.6 Å².